The molecule has 0 spiro atoms. The number of benzene rings is 2. The normalized spacial score (nSPS) is 10.1. The Bertz CT molecular complexity index is 710. The molecule has 5 nitrogen and oxygen atoms in total. The van der Waals surface area contributed by atoms with Crippen molar-refractivity contribution in [2.45, 2.75) is 0 Å². The Morgan fingerprint density at radius 3 is 2.57 bits per heavy atom. The van der Waals surface area contributed by atoms with Crippen LogP contribution in [0, 0.1) is 0 Å². The molecule has 0 unspecified atom stereocenters. The Hall–Kier alpha value is -1.92. The molecule has 1 amide bonds. The molecule has 0 radical (unpaired) electrons. The minimum Gasteiger partial charge on any atom is -0.495 e. The Morgan fingerprint density at radius 1 is 1.17 bits per heavy atom. The van der Waals surface area contributed by atoms with Gasteiger partial charge in [0.2, 0.25) is 5.91 Å². The molecule has 122 valence electrons. The third kappa shape index (κ3) is 4.77. The quantitative estimate of drug-likeness (QED) is 0.765. The third-order valence-electron chi connectivity index (χ3n) is 3.03. The molecule has 23 heavy (non-hydrogen) atoms. The number of nitrogens with one attached hydrogen (secondary N) is 2. The first-order valence-corrected chi connectivity index (χ1v) is 7.91. The molecule has 2 aromatic rings. The van der Waals surface area contributed by atoms with Gasteiger partial charge >= 0.3 is 0 Å². The van der Waals surface area contributed by atoms with E-state index >= 15 is 0 Å². The summed E-state index contributed by atoms with van der Waals surface area (Å²) in [4.78, 5) is 12.1. The van der Waals surface area contributed by atoms with Gasteiger partial charge in [-0.1, -0.05) is 33.6 Å². The molecule has 0 saturated heterocycles. The zero-order chi connectivity index (χ0) is 16.8. The lowest BCUT2D eigenvalue weighted by molar-refractivity contribution is -0.114. The molecule has 0 fully saturated rings. The van der Waals surface area contributed by atoms with E-state index in [1.165, 1.54) is 14.2 Å². The zero-order valence-corrected chi connectivity index (χ0v) is 15.0. The van der Waals surface area contributed by atoms with Crippen LogP contribution >= 0.6 is 27.5 Å². The smallest absolute Gasteiger partial charge is 0.243 e. The third-order valence-corrected chi connectivity index (χ3v) is 3.81. The first-order valence-electron chi connectivity index (χ1n) is 6.74. The Morgan fingerprint density at radius 2 is 1.91 bits per heavy atom. The SMILES string of the molecule is COc1cc(OC)c(NC(=O)CNc2cccc(Br)c2)cc1Cl. The van der Waals surface area contributed by atoms with E-state index in [1.807, 2.05) is 24.3 Å². The summed E-state index contributed by atoms with van der Waals surface area (Å²) in [5.41, 5.74) is 1.33. The molecule has 0 heterocycles. The van der Waals surface area contributed by atoms with E-state index in [0.717, 1.165) is 10.2 Å². The summed E-state index contributed by atoms with van der Waals surface area (Å²) in [5, 5.41) is 6.19. The van der Waals surface area contributed by atoms with Crippen LogP contribution in [0.3, 0.4) is 0 Å². The van der Waals surface area contributed by atoms with Crippen LogP contribution in [0.25, 0.3) is 0 Å². The predicted molar refractivity (Wildman–Crippen MR) is 95.8 cm³/mol. The van der Waals surface area contributed by atoms with Crippen molar-refractivity contribution in [3.8, 4) is 11.5 Å². The fourth-order valence-corrected chi connectivity index (χ4v) is 2.57. The minimum atomic E-state index is -0.218. The molecule has 2 aromatic carbocycles. The van der Waals surface area contributed by atoms with Gasteiger partial charge < -0.3 is 20.1 Å². The highest BCUT2D eigenvalue weighted by molar-refractivity contribution is 9.10. The number of rotatable bonds is 6. The van der Waals surface area contributed by atoms with E-state index in [0.29, 0.717) is 22.2 Å². The van der Waals surface area contributed by atoms with E-state index in [9.17, 15) is 4.79 Å². The fraction of sp³-hybridized carbons (Fsp3) is 0.188. The topological polar surface area (TPSA) is 59.6 Å². The molecule has 2 rings (SSSR count). The molecule has 0 aromatic heterocycles. The molecule has 0 saturated carbocycles. The second kappa shape index (κ2) is 8.08. The number of carbonyl (C=O) groups is 1. The van der Waals surface area contributed by atoms with Crippen molar-refractivity contribution < 1.29 is 14.3 Å². The lowest BCUT2D eigenvalue weighted by Gasteiger charge is -2.13. The number of halogens is 2. The van der Waals surface area contributed by atoms with Crippen molar-refractivity contribution >= 4 is 44.8 Å². The molecule has 0 bridgehead atoms. The van der Waals surface area contributed by atoms with Crippen molar-refractivity contribution in [2.24, 2.45) is 0 Å². The number of anilines is 2. The van der Waals surface area contributed by atoms with Crippen LogP contribution in [0.5, 0.6) is 11.5 Å². The van der Waals surface area contributed by atoms with Crippen molar-refractivity contribution in [3.05, 3.63) is 45.9 Å². The van der Waals surface area contributed by atoms with Crippen LogP contribution in [0.1, 0.15) is 0 Å². The molecular weight excluding hydrogens is 384 g/mol. The average Bonchev–Trinajstić information content (AvgIpc) is 2.53. The van der Waals surface area contributed by atoms with E-state index < -0.39 is 0 Å². The number of amides is 1. The first-order chi connectivity index (χ1) is 11.0. The molecule has 2 N–H and O–H groups in total. The van der Waals surface area contributed by atoms with Gasteiger partial charge in [0.15, 0.2) is 0 Å². The Balaban J connectivity index is 2.03. The van der Waals surface area contributed by atoms with Gasteiger partial charge in [-0.25, -0.2) is 0 Å². The van der Waals surface area contributed by atoms with Gasteiger partial charge in [-0.3, -0.25) is 4.79 Å². The van der Waals surface area contributed by atoms with Crippen molar-refractivity contribution in [3.63, 3.8) is 0 Å². The average molecular weight is 400 g/mol. The van der Waals surface area contributed by atoms with Crippen LogP contribution in [0.15, 0.2) is 40.9 Å². The second-order valence-corrected chi connectivity index (χ2v) is 5.92. The van der Waals surface area contributed by atoms with Crippen molar-refractivity contribution in [2.75, 3.05) is 31.4 Å². The number of ether oxygens (including phenoxy) is 2. The monoisotopic (exact) mass is 398 g/mol. The van der Waals surface area contributed by atoms with E-state index in [4.69, 9.17) is 21.1 Å². The molecule has 0 atom stereocenters. The Labute approximate surface area is 148 Å². The summed E-state index contributed by atoms with van der Waals surface area (Å²) in [6, 6.07) is 10.8. The van der Waals surface area contributed by atoms with E-state index in [-0.39, 0.29) is 12.5 Å². The molecular formula is C16H16BrClN2O3. The number of hydrogen-bond acceptors (Lipinski definition) is 4. The van der Waals surface area contributed by atoms with Crippen LogP contribution in [-0.2, 0) is 4.79 Å². The summed E-state index contributed by atoms with van der Waals surface area (Å²) < 4.78 is 11.3. The van der Waals surface area contributed by atoms with Crippen LogP contribution < -0.4 is 20.1 Å². The number of hydrogen-bond donors (Lipinski definition) is 2. The standard InChI is InChI=1S/C16H16BrClN2O3/c1-22-14-8-15(23-2)13(7-12(14)18)20-16(21)9-19-11-5-3-4-10(17)6-11/h3-8,19H,9H2,1-2H3,(H,20,21). The fourth-order valence-electron chi connectivity index (χ4n) is 1.93. The lowest BCUT2D eigenvalue weighted by atomic mass is 10.2. The van der Waals surface area contributed by atoms with Crippen LogP contribution in [0.4, 0.5) is 11.4 Å². The molecule has 0 aliphatic heterocycles. The second-order valence-electron chi connectivity index (χ2n) is 4.60. The van der Waals surface area contributed by atoms with Gasteiger partial charge in [-0.2, -0.15) is 0 Å². The summed E-state index contributed by atoms with van der Waals surface area (Å²) >= 11 is 9.46. The van der Waals surface area contributed by atoms with Gasteiger partial charge in [0, 0.05) is 16.2 Å². The van der Waals surface area contributed by atoms with Crippen molar-refractivity contribution in [1.29, 1.82) is 0 Å². The largest absolute Gasteiger partial charge is 0.495 e. The van der Waals surface area contributed by atoms with Gasteiger partial charge in [-0.15, -0.1) is 0 Å². The van der Waals surface area contributed by atoms with Crippen LogP contribution in [-0.4, -0.2) is 26.7 Å². The minimum absolute atomic E-state index is 0.114. The van der Waals surface area contributed by atoms with E-state index in [2.05, 4.69) is 26.6 Å². The number of carbonyl (C=O) groups excluding carboxylic acids is 1. The number of methoxy groups -OCH3 is 2. The highest BCUT2D eigenvalue weighted by atomic mass is 79.9. The molecule has 0 aliphatic carbocycles. The first kappa shape index (κ1) is 17.4. The maximum atomic E-state index is 12.1. The van der Waals surface area contributed by atoms with Crippen molar-refractivity contribution in [1.82, 2.24) is 0 Å². The highest BCUT2D eigenvalue weighted by Crippen LogP contribution is 2.35. The van der Waals surface area contributed by atoms with Gasteiger partial charge in [-0.05, 0) is 24.3 Å². The lowest BCUT2D eigenvalue weighted by Crippen LogP contribution is -2.22. The molecule has 0 aliphatic rings. The van der Waals surface area contributed by atoms with Gasteiger partial charge in [0.25, 0.3) is 0 Å². The van der Waals surface area contributed by atoms with Gasteiger partial charge in [0.05, 0.1) is 31.5 Å². The summed E-state index contributed by atoms with van der Waals surface area (Å²) in [5.74, 6) is 0.736. The summed E-state index contributed by atoms with van der Waals surface area (Å²) in [7, 11) is 3.03. The maximum Gasteiger partial charge on any atom is 0.243 e. The maximum absolute atomic E-state index is 12.1. The van der Waals surface area contributed by atoms with E-state index in [1.54, 1.807) is 12.1 Å². The summed E-state index contributed by atoms with van der Waals surface area (Å²) in [6.45, 7) is 0.114. The Kier molecular flexibility index (Phi) is 6.12. The summed E-state index contributed by atoms with van der Waals surface area (Å²) in [6.07, 6.45) is 0. The van der Waals surface area contributed by atoms with Gasteiger partial charge in [0.1, 0.15) is 11.5 Å². The predicted octanol–water partition coefficient (Wildman–Crippen LogP) is 4.17. The zero-order valence-electron chi connectivity index (χ0n) is 12.7. The highest BCUT2D eigenvalue weighted by Gasteiger charge is 2.12. The van der Waals surface area contributed by atoms with Crippen LogP contribution in [0.2, 0.25) is 5.02 Å². The molecule has 7 heteroatoms.